The van der Waals surface area contributed by atoms with Crippen LogP contribution in [0.1, 0.15) is 36.1 Å². The monoisotopic (exact) mass is 495 g/mol. The van der Waals surface area contributed by atoms with Crippen LogP contribution < -0.4 is 10.6 Å². The average molecular weight is 496 g/mol. The van der Waals surface area contributed by atoms with Gasteiger partial charge in [0.05, 0.1) is 10.9 Å². The highest BCUT2D eigenvalue weighted by Crippen LogP contribution is 2.36. The topological polar surface area (TPSA) is 95.6 Å². The average Bonchev–Trinajstić information content (AvgIpc) is 2.83. The van der Waals surface area contributed by atoms with E-state index >= 15 is 0 Å². The minimum Gasteiger partial charge on any atom is -0.352 e. The van der Waals surface area contributed by atoms with Gasteiger partial charge >= 0.3 is 0 Å². The van der Waals surface area contributed by atoms with Crippen molar-refractivity contribution < 1.29 is 22.4 Å². The van der Waals surface area contributed by atoms with Gasteiger partial charge in [-0.3, -0.25) is 9.59 Å². The highest BCUT2D eigenvalue weighted by molar-refractivity contribution is 7.89. The van der Waals surface area contributed by atoms with E-state index < -0.39 is 16.1 Å². The molecule has 0 aliphatic carbocycles. The fourth-order valence-electron chi connectivity index (χ4n) is 4.27. The number of halogens is 1. The highest BCUT2D eigenvalue weighted by atomic mass is 32.2. The molecule has 9 heteroatoms. The van der Waals surface area contributed by atoms with Crippen molar-refractivity contribution in [2.75, 3.05) is 11.9 Å². The maximum Gasteiger partial charge on any atom is 0.243 e. The molecular formula is C26H26FN3O4S. The van der Waals surface area contributed by atoms with Gasteiger partial charge in [-0.05, 0) is 59.5 Å². The molecule has 4 rings (SSSR count). The lowest BCUT2D eigenvalue weighted by Gasteiger charge is -2.36. The first kappa shape index (κ1) is 24.6. The summed E-state index contributed by atoms with van der Waals surface area (Å²) in [5.74, 6) is -0.977. The Labute approximate surface area is 204 Å². The van der Waals surface area contributed by atoms with Crippen LogP contribution in [0.3, 0.4) is 0 Å². The molecule has 0 aromatic heterocycles. The first-order valence-corrected chi connectivity index (χ1v) is 12.7. The number of amides is 2. The minimum absolute atomic E-state index is 0.0739. The molecule has 0 radical (unpaired) electrons. The molecule has 2 amide bonds. The summed E-state index contributed by atoms with van der Waals surface area (Å²) in [7, 11) is -3.93. The van der Waals surface area contributed by atoms with Crippen molar-refractivity contribution in [3.8, 4) is 0 Å². The van der Waals surface area contributed by atoms with E-state index in [0.717, 1.165) is 11.1 Å². The minimum atomic E-state index is -3.93. The van der Waals surface area contributed by atoms with E-state index in [1.807, 2.05) is 24.3 Å². The summed E-state index contributed by atoms with van der Waals surface area (Å²) >= 11 is 0. The van der Waals surface area contributed by atoms with Gasteiger partial charge in [0.2, 0.25) is 21.8 Å². The van der Waals surface area contributed by atoms with Crippen molar-refractivity contribution in [1.82, 2.24) is 9.62 Å². The zero-order valence-electron chi connectivity index (χ0n) is 19.2. The zero-order chi connectivity index (χ0) is 25.0. The molecule has 1 heterocycles. The number of nitrogens with one attached hydrogen (secondary N) is 2. The smallest absolute Gasteiger partial charge is 0.243 e. The highest BCUT2D eigenvalue weighted by Gasteiger charge is 2.37. The van der Waals surface area contributed by atoms with Crippen molar-refractivity contribution in [1.29, 1.82) is 0 Å². The van der Waals surface area contributed by atoms with E-state index in [-0.39, 0.29) is 42.0 Å². The third-order valence-corrected chi connectivity index (χ3v) is 7.82. The molecule has 0 saturated carbocycles. The summed E-state index contributed by atoms with van der Waals surface area (Å²) in [5, 5.41) is 5.39. The van der Waals surface area contributed by atoms with Gasteiger partial charge in [0.1, 0.15) is 5.82 Å². The molecule has 0 unspecified atom stereocenters. The second-order valence-electron chi connectivity index (χ2n) is 8.40. The molecule has 1 aliphatic rings. The van der Waals surface area contributed by atoms with E-state index in [1.54, 1.807) is 12.1 Å². The largest absolute Gasteiger partial charge is 0.352 e. The van der Waals surface area contributed by atoms with Gasteiger partial charge in [-0.1, -0.05) is 36.4 Å². The number of sulfonamides is 1. The summed E-state index contributed by atoms with van der Waals surface area (Å²) in [6.07, 6.45) is 0.455. The predicted octanol–water partition coefficient (Wildman–Crippen LogP) is 3.78. The summed E-state index contributed by atoms with van der Waals surface area (Å²) in [4.78, 5) is 24.2. The van der Waals surface area contributed by atoms with Crippen molar-refractivity contribution in [2.45, 2.75) is 37.2 Å². The van der Waals surface area contributed by atoms with Gasteiger partial charge in [-0.15, -0.1) is 0 Å². The van der Waals surface area contributed by atoms with Gasteiger partial charge < -0.3 is 10.6 Å². The predicted molar refractivity (Wildman–Crippen MR) is 130 cm³/mol. The molecule has 0 fully saturated rings. The number of hydrogen-bond donors (Lipinski definition) is 2. The molecule has 0 spiro atoms. The molecule has 2 N–H and O–H groups in total. The van der Waals surface area contributed by atoms with Crippen LogP contribution in [0, 0.1) is 5.82 Å². The van der Waals surface area contributed by atoms with E-state index in [2.05, 4.69) is 10.6 Å². The van der Waals surface area contributed by atoms with Crippen LogP contribution in [0.25, 0.3) is 0 Å². The van der Waals surface area contributed by atoms with Gasteiger partial charge in [-0.2, -0.15) is 4.31 Å². The Hall–Kier alpha value is -3.56. The standard InChI is InChI=1S/C26H26FN3O4S/c1-18(31)29-22-9-11-23(12-10-22)35(33,34)30-14-13-20-6-2-3-8-24(20)25(30)16-26(32)28-17-19-5-4-7-21(27)15-19/h2-12,15,25H,13-14,16-17H2,1H3,(H,28,32)(H,29,31)/t25-/m0/s1. The number of fused-ring (bicyclic) bond motifs is 1. The number of hydrogen-bond acceptors (Lipinski definition) is 4. The van der Waals surface area contributed by atoms with Crippen LogP contribution in [0.2, 0.25) is 0 Å². The Balaban J connectivity index is 1.58. The van der Waals surface area contributed by atoms with Crippen LogP contribution in [-0.2, 0) is 32.6 Å². The van der Waals surface area contributed by atoms with E-state index in [0.29, 0.717) is 17.7 Å². The first-order chi connectivity index (χ1) is 16.7. The molecule has 1 atom stereocenters. The Morgan fingerprint density at radius 1 is 1.03 bits per heavy atom. The van der Waals surface area contributed by atoms with Crippen LogP contribution in [0.5, 0.6) is 0 Å². The molecule has 3 aromatic rings. The van der Waals surface area contributed by atoms with Crippen molar-refractivity contribution >= 4 is 27.5 Å². The normalized spacial score (nSPS) is 15.8. The molecule has 182 valence electrons. The van der Waals surface area contributed by atoms with Crippen molar-refractivity contribution in [2.24, 2.45) is 0 Å². The number of anilines is 1. The van der Waals surface area contributed by atoms with Gasteiger partial charge in [0, 0.05) is 32.1 Å². The third-order valence-electron chi connectivity index (χ3n) is 5.90. The molecular weight excluding hydrogens is 469 g/mol. The summed E-state index contributed by atoms with van der Waals surface area (Å²) in [5.41, 5.74) is 2.90. The Bertz CT molecular complexity index is 1340. The Morgan fingerprint density at radius 3 is 2.49 bits per heavy atom. The van der Waals surface area contributed by atoms with Gasteiger partial charge in [-0.25, -0.2) is 12.8 Å². The number of carbonyl (C=O) groups excluding carboxylic acids is 2. The van der Waals surface area contributed by atoms with Crippen LogP contribution in [0.15, 0.2) is 77.7 Å². The molecule has 0 bridgehead atoms. The van der Waals surface area contributed by atoms with Crippen LogP contribution in [0.4, 0.5) is 10.1 Å². The fourth-order valence-corrected chi connectivity index (χ4v) is 5.88. The summed E-state index contributed by atoms with van der Waals surface area (Å²) < 4.78 is 42.0. The molecule has 7 nitrogen and oxygen atoms in total. The lowest BCUT2D eigenvalue weighted by molar-refractivity contribution is -0.122. The lowest BCUT2D eigenvalue weighted by atomic mass is 9.92. The summed E-state index contributed by atoms with van der Waals surface area (Å²) in [6, 6.07) is 18.7. The van der Waals surface area contributed by atoms with Crippen molar-refractivity contribution in [3.05, 3.63) is 95.3 Å². The van der Waals surface area contributed by atoms with E-state index in [1.165, 1.54) is 47.6 Å². The quantitative estimate of drug-likeness (QED) is 0.522. The number of nitrogens with zero attached hydrogens (tertiary/aromatic N) is 1. The number of carbonyl (C=O) groups is 2. The SMILES string of the molecule is CC(=O)Nc1ccc(S(=O)(=O)N2CCc3ccccc3[C@@H]2CC(=O)NCc2cccc(F)c2)cc1. The second kappa shape index (κ2) is 10.4. The summed E-state index contributed by atoms with van der Waals surface area (Å²) in [6.45, 7) is 1.75. The van der Waals surface area contributed by atoms with Crippen molar-refractivity contribution in [3.63, 3.8) is 0 Å². The Kier molecular flexibility index (Phi) is 7.28. The fraction of sp³-hybridized carbons (Fsp3) is 0.231. The molecule has 0 saturated heterocycles. The maximum atomic E-state index is 13.6. The number of rotatable bonds is 7. The molecule has 35 heavy (non-hydrogen) atoms. The van der Waals surface area contributed by atoms with Gasteiger partial charge in [0.25, 0.3) is 0 Å². The number of benzene rings is 3. The third kappa shape index (κ3) is 5.75. The van der Waals surface area contributed by atoms with E-state index in [9.17, 15) is 22.4 Å². The first-order valence-electron chi connectivity index (χ1n) is 11.2. The maximum absolute atomic E-state index is 13.6. The lowest BCUT2D eigenvalue weighted by Crippen LogP contribution is -2.42. The van der Waals surface area contributed by atoms with E-state index in [4.69, 9.17) is 0 Å². The Morgan fingerprint density at radius 2 is 1.77 bits per heavy atom. The molecule has 3 aromatic carbocycles. The zero-order valence-corrected chi connectivity index (χ0v) is 20.0. The second-order valence-corrected chi connectivity index (χ2v) is 10.3. The van der Waals surface area contributed by atoms with Crippen LogP contribution in [-0.4, -0.2) is 31.1 Å². The van der Waals surface area contributed by atoms with Gasteiger partial charge in [0.15, 0.2) is 0 Å². The molecule has 1 aliphatic heterocycles. The van der Waals surface area contributed by atoms with Crippen LogP contribution >= 0.6 is 0 Å².